The van der Waals surface area contributed by atoms with Gasteiger partial charge in [0.05, 0.1) is 11.9 Å². The number of aromatic nitrogens is 3. The topological polar surface area (TPSA) is 77.2 Å². The Hall–Kier alpha value is -3.22. The van der Waals surface area contributed by atoms with Gasteiger partial charge in [0.15, 0.2) is 0 Å². The molecule has 1 saturated heterocycles. The monoisotopic (exact) mass is 446 g/mol. The van der Waals surface area contributed by atoms with Crippen LogP contribution in [0.4, 0.5) is 0 Å². The Morgan fingerprint density at radius 1 is 1.00 bits per heavy atom. The van der Waals surface area contributed by atoms with Crippen LogP contribution in [0.25, 0.3) is 11.0 Å². The van der Waals surface area contributed by atoms with Crippen LogP contribution in [-0.2, 0) is 18.4 Å². The molecule has 1 amide bonds. The summed E-state index contributed by atoms with van der Waals surface area (Å²) in [6, 6.07) is 13.4. The predicted molar refractivity (Wildman–Crippen MR) is 127 cm³/mol. The van der Waals surface area contributed by atoms with E-state index in [9.17, 15) is 14.4 Å². The Morgan fingerprint density at radius 3 is 2.52 bits per heavy atom. The van der Waals surface area contributed by atoms with E-state index >= 15 is 0 Å². The number of fused-ring (bicyclic) bond motifs is 1. The Kier molecular flexibility index (Phi) is 5.87. The van der Waals surface area contributed by atoms with Gasteiger partial charge in [-0.05, 0) is 37.0 Å². The Labute approximate surface area is 192 Å². The third-order valence-electron chi connectivity index (χ3n) is 7.26. The molecule has 0 N–H and O–H groups in total. The number of hydrogen-bond donors (Lipinski definition) is 0. The van der Waals surface area contributed by atoms with Crippen LogP contribution in [0.3, 0.4) is 0 Å². The zero-order valence-corrected chi connectivity index (χ0v) is 19.1. The molecule has 172 valence electrons. The fourth-order valence-electron chi connectivity index (χ4n) is 5.32. The van der Waals surface area contributed by atoms with Gasteiger partial charge in [0.25, 0.3) is 5.56 Å². The SMILES string of the molecule is Cn1c(=O)c2ccc([C@H]3CCN(C(=O)C4CCCCC4)C3)nc2n(Cc2ccccc2)c1=O. The van der Waals surface area contributed by atoms with E-state index in [0.717, 1.165) is 54.5 Å². The molecule has 7 nitrogen and oxygen atoms in total. The largest absolute Gasteiger partial charge is 0.342 e. The standard InChI is InChI=1S/C26H30N4O3/c1-28-25(32)21-12-13-22(20-14-15-29(17-20)24(31)19-10-6-3-7-11-19)27-23(21)30(26(28)33)16-18-8-4-2-5-9-18/h2,4-5,8-9,12-13,19-20H,3,6-7,10-11,14-17H2,1H3/t20-/m0/s1. The van der Waals surface area contributed by atoms with Crippen LogP contribution >= 0.6 is 0 Å². The molecule has 1 aromatic carbocycles. The van der Waals surface area contributed by atoms with Gasteiger partial charge in [-0.25, -0.2) is 9.78 Å². The van der Waals surface area contributed by atoms with Crippen LogP contribution in [0.5, 0.6) is 0 Å². The summed E-state index contributed by atoms with van der Waals surface area (Å²) in [5.74, 6) is 0.570. The van der Waals surface area contributed by atoms with Gasteiger partial charge in [0, 0.05) is 37.7 Å². The van der Waals surface area contributed by atoms with Gasteiger partial charge in [-0.1, -0.05) is 49.6 Å². The molecule has 0 radical (unpaired) electrons. The summed E-state index contributed by atoms with van der Waals surface area (Å²) < 4.78 is 2.72. The molecule has 1 aliphatic carbocycles. The minimum absolute atomic E-state index is 0.117. The van der Waals surface area contributed by atoms with Crippen molar-refractivity contribution in [3.05, 3.63) is 74.6 Å². The molecule has 33 heavy (non-hydrogen) atoms. The first kappa shape index (κ1) is 21.6. The van der Waals surface area contributed by atoms with Crippen molar-refractivity contribution in [1.29, 1.82) is 0 Å². The third kappa shape index (κ3) is 4.12. The van der Waals surface area contributed by atoms with Gasteiger partial charge < -0.3 is 4.90 Å². The van der Waals surface area contributed by atoms with Crippen LogP contribution in [-0.4, -0.2) is 38.0 Å². The Bertz CT molecular complexity index is 1290. The van der Waals surface area contributed by atoms with Gasteiger partial charge in [0.1, 0.15) is 5.65 Å². The van der Waals surface area contributed by atoms with Crippen molar-refractivity contribution in [2.24, 2.45) is 13.0 Å². The van der Waals surface area contributed by atoms with E-state index < -0.39 is 0 Å². The highest BCUT2D eigenvalue weighted by Gasteiger charge is 2.33. The minimum atomic E-state index is -0.374. The molecular formula is C26H30N4O3. The summed E-state index contributed by atoms with van der Waals surface area (Å²) >= 11 is 0. The maximum atomic E-state index is 13.0. The van der Waals surface area contributed by atoms with Crippen molar-refractivity contribution in [2.75, 3.05) is 13.1 Å². The van der Waals surface area contributed by atoms with E-state index in [1.807, 2.05) is 41.3 Å². The number of likely N-dealkylation sites (tertiary alicyclic amines) is 1. The van der Waals surface area contributed by atoms with Crippen LogP contribution < -0.4 is 11.2 Å². The number of carbonyl (C=O) groups excluding carboxylic acids is 1. The summed E-state index contributed by atoms with van der Waals surface area (Å²) in [6.45, 7) is 1.74. The van der Waals surface area contributed by atoms with Gasteiger partial charge in [-0.3, -0.25) is 18.7 Å². The lowest BCUT2D eigenvalue weighted by Crippen LogP contribution is -2.39. The number of hydrogen-bond acceptors (Lipinski definition) is 4. The Balaban J connectivity index is 1.47. The predicted octanol–water partition coefficient (Wildman–Crippen LogP) is 3.04. The van der Waals surface area contributed by atoms with E-state index in [1.54, 1.807) is 10.6 Å². The van der Waals surface area contributed by atoms with Crippen LogP contribution in [0.15, 0.2) is 52.1 Å². The number of benzene rings is 1. The average Bonchev–Trinajstić information content (AvgIpc) is 3.36. The number of rotatable bonds is 4. The van der Waals surface area contributed by atoms with E-state index in [4.69, 9.17) is 4.98 Å². The first-order valence-electron chi connectivity index (χ1n) is 12.0. The van der Waals surface area contributed by atoms with Gasteiger partial charge in [0.2, 0.25) is 5.91 Å². The maximum Gasteiger partial charge on any atom is 0.332 e. The highest BCUT2D eigenvalue weighted by atomic mass is 16.2. The second-order valence-electron chi connectivity index (χ2n) is 9.43. The molecular weight excluding hydrogens is 416 g/mol. The zero-order chi connectivity index (χ0) is 22.9. The van der Waals surface area contributed by atoms with Gasteiger partial charge in [-0.2, -0.15) is 0 Å². The maximum absolute atomic E-state index is 13.0. The number of pyridine rings is 1. The van der Waals surface area contributed by atoms with E-state index in [0.29, 0.717) is 24.1 Å². The highest BCUT2D eigenvalue weighted by Crippen LogP contribution is 2.31. The minimum Gasteiger partial charge on any atom is -0.342 e. The smallest absolute Gasteiger partial charge is 0.332 e. The first-order chi connectivity index (χ1) is 16.0. The molecule has 3 aromatic rings. The first-order valence-corrected chi connectivity index (χ1v) is 12.0. The number of carbonyl (C=O) groups is 1. The Morgan fingerprint density at radius 2 is 1.76 bits per heavy atom. The number of amides is 1. The lowest BCUT2D eigenvalue weighted by molar-refractivity contribution is -0.135. The number of nitrogens with zero attached hydrogens (tertiary/aromatic N) is 4. The molecule has 2 fully saturated rings. The van der Waals surface area contributed by atoms with Gasteiger partial charge in [-0.15, -0.1) is 0 Å². The van der Waals surface area contributed by atoms with Crippen molar-refractivity contribution in [1.82, 2.24) is 19.0 Å². The molecule has 1 saturated carbocycles. The summed E-state index contributed by atoms with van der Waals surface area (Å²) in [5.41, 5.74) is 1.52. The van der Waals surface area contributed by atoms with Crippen LogP contribution in [0, 0.1) is 5.92 Å². The molecule has 5 rings (SSSR count). The van der Waals surface area contributed by atoms with Crippen molar-refractivity contribution >= 4 is 16.9 Å². The van der Waals surface area contributed by atoms with Crippen LogP contribution in [0.1, 0.15) is 55.7 Å². The molecule has 0 bridgehead atoms. The van der Waals surface area contributed by atoms with E-state index in [1.165, 1.54) is 13.5 Å². The van der Waals surface area contributed by atoms with E-state index in [2.05, 4.69) is 0 Å². The molecule has 1 aliphatic heterocycles. The van der Waals surface area contributed by atoms with Crippen molar-refractivity contribution in [3.63, 3.8) is 0 Å². The fourth-order valence-corrected chi connectivity index (χ4v) is 5.32. The molecule has 0 spiro atoms. The van der Waals surface area contributed by atoms with Crippen molar-refractivity contribution < 1.29 is 4.79 Å². The fraction of sp³-hybridized carbons (Fsp3) is 0.462. The van der Waals surface area contributed by atoms with Crippen molar-refractivity contribution in [2.45, 2.75) is 51.0 Å². The molecule has 2 aliphatic rings. The van der Waals surface area contributed by atoms with E-state index in [-0.39, 0.29) is 29.0 Å². The normalized spacial score (nSPS) is 19.3. The lowest BCUT2D eigenvalue weighted by Gasteiger charge is -2.26. The molecule has 3 heterocycles. The molecule has 7 heteroatoms. The lowest BCUT2D eigenvalue weighted by atomic mass is 9.88. The van der Waals surface area contributed by atoms with Crippen molar-refractivity contribution in [3.8, 4) is 0 Å². The quantitative estimate of drug-likeness (QED) is 0.617. The zero-order valence-electron chi connectivity index (χ0n) is 19.1. The molecule has 2 aromatic heterocycles. The van der Waals surface area contributed by atoms with Crippen LogP contribution in [0.2, 0.25) is 0 Å². The summed E-state index contributed by atoms with van der Waals surface area (Å²) in [6.07, 6.45) is 6.39. The molecule has 0 unspecified atom stereocenters. The second-order valence-corrected chi connectivity index (χ2v) is 9.43. The molecule has 1 atom stereocenters. The second kappa shape index (κ2) is 8.96. The van der Waals surface area contributed by atoms with Gasteiger partial charge >= 0.3 is 5.69 Å². The highest BCUT2D eigenvalue weighted by molar-refractivity contribution is 5.79. The summed E-state index contributed by atoms with van der Waals surface area (Å²) in [4.78, 5) is 45.6. The summed E-state index contributed by atoms with van der Waals surface area (Å²) in [7, 11) is 1.51. The third-order valence-corrected chi connectivity index (χ3v) is 7.26. The summed E-state index contributed by atoms with van der Waals surface area (Å²) in [5, 5.41) is 0.435. The average molecular weight is 447 g/mol.